The maximum Gasteiger partial charge on any atom is 0.495 e. The molecule has 0 amide bonds. The summed E-state index contributed by atoms with van der Waals surface area (Å²) in [5.41, 5.74) is 1.06. The van der Waals surface area contributed by atoms with Gasteiger partial charge in [0.1, 0.15) is 0 Å². The van der Waals surface area contributed by atoms with Gasteiger partial charge in [0.25, 0.3) is 0 Å². The molecule has 2 aliphatic carbocycles. The predicted molar refractivity (Wildman–Crippen MR) is 85.5 cm³/mol. The summed E-state index contributed by atoms with van der Waals surface area (Å²) in [7, 11) is -0.232. The zero-order valence-electron chi connectivity index (χ0n) is 12.9. The van der Waals surface area contributed by atoms with Gasteiger partial charge in [-0.1, -0.05) is 44.6 Å². The molecule has 2 saturated carbocycles. The van der Waals surface area contributed by atoms with Gasteiger partial charge in [0, 0.05) is 30.1 Å². The molecule has 0 aliphatic heterocycles. The first-order valence-corrected chi connectivity index (χ1v) is 8.62. The summed E-state index contributed by atoms with van der Waals surface area (Å²) in [6.45, 7) is 0. The summed E-state index contributed by atoms with van der Waals surface area (Å²) in [6.07, 6.45) is 16.9. The van der Waals surface area contributed by atoms with E-state index < -0.39 is 0 Å². The van der Waals surface area contributed by atoms with Crippen LogP contribution in [0.15, 0.2) is 24.5 Å². The van der Waals surface area contributed by atoms with E-state index in [2.05, 4.69) is 11.1 Å². The van der Waals surface area contributed by atoms with E-state index in [-0.39, 0.29) is 7.12 Å². The van der Waals surface area contributed by atoms with Crippen molar-refractivity contribution < 1.29 is 9.31 Å². The molecule has 0 bridgehead atoms. The minimum Gasteiger partial charge on any atom is -0.404 e. The van der Waals surface area contributed by atoms with Gasteiger partial charge in [0.05, 0.1) is 0 Å². The van der Waals surface area contributed by atoms with Crippen LogP contribution in [0, 0.1) is 0 Å². The maximum atomic E-state index is 6.32. The van der Waals surface area contributed by atoms with Crippen molar-refractivity contribution in [1.82, 2.24) is 4.98 Å². The van der Waals surface area contributed by atoms with Gasteiger partial charge in [0.2, 0.25) is 0 Å². The van der Waals surface area contributed by atoms with Crippen molar-refractivity contribution in [3.05, 3.63) is 24.5 Å². The number of nitrogens with zero attached hydrogens (tertiary/aromatic N) is 1. The van der Waals surface area contributed by atoms with E-state index in [1.54, 1.807) is 0 Å². The number of rotatable bonds is 5. The van der Waals surface area contributed by atoms with Crippen LogP contribution in [0.25, 0.3) is 0 Å². The van der Waals surface area contributed by atoms with E-state index in [9.17, 15) is 0 Å². The molecular formula is C17H26BNO2. The van der Waals surface area contributed by atoms with Crippen molar-refractivity contribution in [3.8, 4) is 0 Å². The Morgan fingerprint density at radius 1 is 0.857 bits per heavy atom. The zero-order chi connectivity index (χ0) is 14.3. The smallest absolute Gasteiger partial charge is 0.404 e. The van der Waals surface area contributed by atoms with Crippen molar-refractivity contribution in [1.29, 1.82) is 0 Å². The first kappa shape index (κ1) is 15.0. The molecule has 1 aromatic rings. The van der Waals surface area contributed by atoms with Crippen LogP contribution in [0.1, 0.15) is 64.2 Å². The molecule has 0 aromatic carbocycles. The minimum atomic E-state index is -0.232. The van der Waals surface area contributed by atoms with Crippen LogP contribution >= 0.6 is 0 Å². The van der Waals surface area contributed by atoms with Gasteiger partial charge in [-0.3, -0.25) is 4.98 Å². The van der Waals surface area contributed by atoms with Crippen molar-refractivity contribution in [2.75, 3.05) is 0 Å². The van der Waals surface area contributed by atoms with Gasteiger partial charge >= 0.3 is 7.12 Å². The molecule has 2 aliphatic rings. The lowest BCUT2D eigenvalue weighted by atomic mass is 9.78. The fourth-order valence-electron chi connectivity index (χ4n) is 3.46. The van der Waals surface area contributed by atoms with Gasteiger partial charge in [-0.15, -0.1) is 0 Å². The Labute approximate surface area is 128 Å². The Balaban J connectivity index is 1.64. The number of pyridine rings is 1. The third-order valence-corrected chi connectivity index (χ3v) is 4.69. The van der Waals surface area contributed by atoms with Crippen LogP contribution in [0.2, 0.25) is 0 Å². The second kappa shape index (κ2) is 7.95. The summed E-state index contributed by atoms with van der Waals surface area (Å²) in [5.74, 6) is 0. The highest BCUT2D eigenvalue weighted by molar-refractivity contribution is 6.61. The number of hydrogen-bond acceptors (Lipinski definition) is 3. The SMILES string of the molecule is c1cncc(B(OC2CCCCC2)OC2CCCCC2)c1. The number of aromatic nitrogens is 1. The molecule has 1 heterocycles. The summed E-state index contributed by atoms with van der Waals surface area (Å²) >= 11 is 0. The lowest BCUT2D eigenvalue weighted by Gasteiger charge is -2.30. The van der Waals surface area contributed by atoms with E-state index in [4.69, 9.17) is 9.31 Å². The molecule has 1 aromatic heterocycles. The summed E-state index contributed by atoms with van der Waals surface area (Å²) < 4.78 is 12.6. The van der Waals surface area contributed by atoms with E-state index in [0.29, 0.717) is 12.2 Å². The van der Waals surface area contributed by atoms with Crippen LogP contribution in [0.3, 0.4) is 0 Å². The second-order valence-corrected chi connectivity index (χ2v) is 6.41. The van der Waals surface area contributed by atoms with E-state index in [1.807, 2.05) is 18.5 Å². The predicted octanol–water partition coefficient (Wildman–Crippen LogP) is 3.48. The Hall–Kier alpha value is -0.865. The quantitative estimate of drug-likeness (QED) is 0.777. The molecule has 0 spiro atoms. The average molecular weight is 287 g/mol. The van der Waals surface area contributed by atoms with Gasteiger partial charge in [-0.2, -0.15) is 0 Å². The molecule has 0 saturated heterocycles. The van der Waals surface area contributed by atoms with E-state index >= 15 is 0 Å². The molecule has 21 heavy (non-hydrogen) atoms. The molecule has 0 N–H and O–H groups in total. The molecule has 0 unspecified atom stereocenters. The van der Waals surface area contributed by atoms with Gasteiger partial charge in [0.15, 0.2) is 0 Å². The topological polar surface area (TPSA) is 31.4 Å². The van der Waals surface area contributed by atoms with Crippen LogP contribution in [-0.4, -0.2) is 24.3 Å². The first-order chi connectivity index (χ1) is 10.4. The number of hydrogen-bond donors (Lipinski definition) is 0. The van der Waals surface area contributed by atoms with E-state index in [1.165, 1.54) is 64.2 Å². The summed E-state index contributed by atoms with van der Waals surface area (Å²) in [4.78, 5) is 4.23. The Morgan fingerprint density at radius 2 is 1.43 bits per heavy atom. The van der Waals surface area contributed by atoms with Crippen molar-refractivity contribution in [3.63, 3.8) is 0 Å². The van der Waals surface area contributed by atoms with E-state index in [0.717, 1.165) is 5.46 Å². The maximum absolute atomic E-state index is 6.32. The Kier molecular flexibility index (Phi) is 5.70. The third-order valence-electron chi connectivity index (χ3n) is 4.69. The highest BCUT2D eigenvalue weighted by Gasteiger charge is 2.30. The van der Waals surface area contributed by atoms with Crippen LogP contribution < -0.4 is 5.46 Å². The fourth-order valence-corrected chi connectivity index (χ4v) is 3.46. The first-order valence-electron chi connectivity index (χ1n) is 8.62. The summed E-state index contributed by atoms with van der Waals surface area (Å²) in [5, 5.41) is 0. The Morgan fingerprint density at radius 3 is 1.90 bits per heavy atom. The monoisotopic (exact) mass is 287 g/mol. The van der Waals surface area contributed by atoms with Gasteiger partial charge < -0.3 is 9.31 Å². The fraction of sp³-hybridized carbons (Fsp3) is 0.706. The van der Waals surface area contributed by atoms with Crippen LogP contribution in [-0.2, 0) is 9.31 Å². The average Bonchev–Trinajstić information content (AvgIpc) is 2.57. The van der Waals surface area contributed by atoms with Crippen LogP contribution in [0.4, 0.5) is 0 Å². The molecular weight excluding hydrogens is 261 g/mol. The standard InChI is InChI=1S/C17H26BNO2/c1-3-9-16(10-4-1)20-18(15-8-7-13-19-14-15)21-17-11-5-2-6-12-17/h7-8,13-14,16-17H,1-6,9-12H2. The third kappa shape index (κ3) is 4.55. The molecule has 0 atom stereocenters. The highest BCUT2D eigenvalue weighted by atomic mass is 16.6. The van der Waals surface area contributed by atoms with Crippen molar-refractivity contribution in [2.45, 2.75) is 76.4 Å². The second-order valence-electron chi connectivity index (χ2n) is 6.41. The zero-order valence-corrected chi connectivity index (χ0v) is 12.9. The van der Waals surface area contributed by atoms with Crippen LogP contribution in [0.5, 0.6) is 0 Å². The molecule has 2 fully saturated rings. The molecule has 114 valence electrons. The molecule has 0 radical (unpaired) electrons. The Bertz CT molecular complexity index is 383. The lowest BCUT2D eigenvalue weighted by molar-refractivity contribution is 0.0727. The largest absolute Gasteiger partial charge is 0.495 e. The molecule has 3 rings (SSSR count). The lowest BCUT2D eigenvalue weighted by Crippen LogP contribution is -2.43. The summed E-state index contributed by atoms with van der Waals surface area (Å²) in [6, 6.07) is 4.04. The minimum absolute atomic E-state index is 0.232. The highest BCUT2D eigenvalue weighted by Crippen LogP contribution is 2.24. The van der Waals surface area contributed by atoms with Gasteiger partial charge in [-0.05, 0) is 31.7 Å². The normalized spacial score (nSPS) is 21.3. The van der Waals surface area contributed by atoms with Crippen molar-refractivity contribution in [2.24, 2.45) is 0 Å². The molecule has 4 heteroatoms. The molecule has 3 nitrogen and oxygen atoms in total. The van der Waals surface area contributed by atoms with Crippen molar-refractivity contribution >= 4 is 12.6 Å². The van der Waals surface area contributed by atoms with Gasteiger partial charge in [-0.25, -0.2) is 0 Å².